The number of methoxy groups -OCH3 is 5. The highest BCUT2D eigenvalue weighted by molar-refractivity contribution is 7.82. The Morgan fingerprint density at radius 1 is 0.667 bits per heavy atom. The van der Waals surface area contributed by atoms with Crippen LogP contribution in [0.4, 0.5) is 0 Å². The lowest BCUT2D eigenvalue weighted by atomic mass is 9.93. The van der Waals surface area contributed by atoms with Crippen LogP contribution in [0.5, 0.6) is 0 Å². The van der Waals surface area contributed by atoms with Crippen molar-refractivity contribution < 1.29 is 108 Å². The summed E-state index contributed by atoms with van der Waals surface area (Å²) in [6.45, 7) is 8.87. The predicted octanol–water partition coefficient (Wildman–Crippen LogP) is -3.33. The van der Waals surface area contributed by atoms with E-state index in [1.807, 2.05) is 4.67 Å². The van der Waals surface area contributed by atoms with E-state index in [1.165, 1.54) is 21.3 Å². The molecule has 0 saturated carbocycles. The Kier molecular flexibility index (Phi) is 34.4. The molecule has 0 spiro atoms. The predicted molar refractivity (Wildman–Crippen MR) is 282 cm³/mol. The molecule has 5 aliphatic heterocycles. The van der Waals surface area contributed by atoms with Gasteiger partial charge in [-0.1, -0.05) is 0 Å². The van der Waals surface area contributed by atoms with Crippen LogP contribution < -0.4 is 19.8 Å². The molecule has 0 aromatic rings. The molecular formula is C38H78B6N3O23P5-4. The normalized spacial score (nSPS) is 35.8. The highest BCUT2D eigenvalue weighted by atomic mass is 31.2. The first kappa shape index (κ1) is 73.7. The molecule has 0 aromatic heterocycles. The van der Waals surface area contributed by atoms with E-state index in [0.29, 0.717) is 45.6 Å². The second-order valence-corrected chi connectivity index (χ2v) is 27.2. The van der Waals surface area contributed by atoms with Gasteiger partial charge in [-0.2, -0.15) is 0 Å². The van der Waals surface area contributed by atoms with Gasteiger partial charge in [0.25, 0.3) is 0 Å². The summed E-state index contributed by atoms with van der Waals surface area (Å²) in [6.07, 6.45) is -2.83. The summed E-state index contributed by atoms with van der Waals surface area (Å²) in [5.74, 6) is 0. The third-order valence-electron chi connectivity index (χ3n) is 10.8. The van der Waals surface area contributed by atoms with E-state index in [2.05, 4.69) is 5.09 Å². The van der Waals surface area contributed by atoms with Gasteiger partial charge in [0.05, 0.1) is 60.3 Å². The maximum atomic E-state index is 12.4. The van der Waals surface area contributed by atoms with E-state index < -0.39 is 98.2 Å². The number of aliphatic hydroxyl groups is 1. The van der Waals surface area contributed by atoms with Crippen molar-refractivity contribution in [1.82, 2.24) is 14.4 Å². The van der Waals surface area contributed by atoms with Gasteiger partial charge in [0.15, 0.2) is 6.29 Å². The minimum atomic E-state index is -3.95. The van der Waals surface area contributed by atoms with Crippen LogP contribution in [0.1, 0.15) is 19.3 Å². The average molecular weight is 1160 g/mol. The third kappa shape index (κ3) is 29.5. The zero-order valence-corrected chi connectivity index (χ0v) is 48.9. The van der Waals surface area contributed by atoms with Crippen LogP contribution in [0.3, 0.4) is 0 Å². The second kappa shape index (κ2) is 35.0. The van der Waals surface area contributed by atoms with E-state index in [-0.39, 0.29) is 64.4 Å². The number of rotatable bonds is 22. The van der Waals surface area contributed by atoms with Crippen molar-refractivity contribution in [3.05, 3.63) is 0 Å². The zero-order valence-electron chi connectivity index (χ0n) is 44.4. The zero-order chi connectivity index (χ0) is 57.7. The molecular weight excluding hydrogens is 1090 g/mol. The molecule has 2 N–H and O–H groups in total. The monoisotopic (exact) mass is 1170 g/mol. The van der Waals surface area contributed by atoms with Crippen molar-refractivity contribution in [2.45, 2.75) is 110 Å². The first-order valence-corrected chi connectivity index (χ1v) is 32.8. The summed E-state index contributed by atoms with van der Waals surface area (Å²) >= 11 is 0. The average Bonchev–Trinajstić information content (AvgIpc) is 3.99. The van der Waals surface area contributed by atoms with Gasteiger partial charge in [0.2, 0.25) is 7.44 Å². The Morgan fingerprint density at radius 3 is 1.69 bits per heavy atom. The Labute approximate surface area is 451 Å². The molecule has 10 radical (unpaired) electrons. The Morgan fingerprint density at radius 2 is 1.20 bits per heavy atom. The first-order valence-electron chi connectivity index (χ1n) is 23.1. The minimum Gasteiger partial charge on any atom is -0.788 e. The molecule has 0 aromatic carbocycles. The van der Waals surface area contributed by atoms with Gasteiger partial charge < -0.3 is 104 Å². The van der Waals surface area contributed by atoms with Crippen LogP contribution in [0.25, 0.3) is 0 Å². The molecule has 26 nitrogen and oxygen atoms in total. The summed E-state index contributed by atoms with van der Waals surface area (Å²) in [5, 5.41) is 11.2. The molecule has 0 bridgehead atoms. The molecule has 0 aliphatic carbocycles. The van der Waals surface area contributed by atoms with Crippen LogP contribution in [-0.2, 0) is 88.5 Å². The Balaban J connectivity index is 0.000000472. The molecule has 5 fully saturated rings. The fourth-order valence-corrected chi connectivity index (χ4v) is 11.6. The van der Waals surface area contributed by atoms with Crippen LogP contribution in [0, 0.1) is 0 Å². The summed E-state index contributed by atoms with van der Waals surface area (Å²) in [6, 6.07) is -3.00. The van der Waals surface area contributed by atoms with Crippen molar-refractivity contribution in [2.75, 3.05) is 136 Å². The fourth-order valence-electron chi connectivity index (χ4n) is 7.35. The second-order valence-electron chi connectivity index (χ2n) is 17.6. The van der Waals surface area contributed by atoms with Gasteiger partial charge in [-0.05, 0) is 46.7 Å². The number of morpholine rings is 1. The Bertz CT molecular complexity index is 1800. The summed E-state index contributed by atoms with van der Waals surface area (Å²) < 4.78 is 133. The summed E-state index contributed by atoms with van der Waals surface area (Å²) in [5.41, 5.74) is 0. The maximum Gasteiger partial charge on any atom is 0.213 e. The van der Waals surface area contributed by atoms with E-state index in [1.54, 1.807) is 46.3 Å². The fraction of sp³-hybridized carbons (Fsp3) is 1.00. The van der Waals surface area contributed by atoms with Crippen molar-refractivity contribution in [3.8, 4) is 0 Å². The van der Waals surface area contributed by atoms with E-state index in [0.717, 1.165) is 20.0 Å². The number of nitrogens with zero attached hydrogens (tertiary/aromatic N) is 2. The van der Waals surface area contributed by atoms with E-state index >= 15 is 0 Å². The van der Waals surface area contributed by atoms with Crippen LogP contribution in [-0.4, -0.2) is 288 Å². The Hall–Kier alpha value is 0.700. The minimum absolute atomic E-state index is 0.0241. The molecule has 5 heterocycles. The number of nitrogens with one attached hydrogen (secondary N) is 1. The molecule has 75 heavy (non-hydrogen) atoms. The van der Waals surface area contributed by atoms with Crippen LogP contribution in [0.15, 0.2) is 0 Å². The maximum absolute atomic E-state index is 12.4. The standard InChI is InChI=1S/C10H20BO7P.C8H18BN2O3P.C7H16B2O4P.C7H15BNO4P.C6H12BO5P/c1-15-6-7-8(18-19(2,13)14)9(10(11)17-7)16-5-3-4-12;1-10(2)15(4,12)11-5-7(9)14-8(6-11)13-3;1-11-4-6-5(3-7(8)12-6)13-14(2,9)10;1-12-4-6-5(3-7(8)13-6)9-14(2,10)11;1-10-4-3-11-6(7)5(4)12-13(2,8)9/h7-10,12H,3-6H2,1-2H3,(H,13,14);7-8H,5-6H2,1-4H3;5-7H,3-4H2,1-2,9H3;5-7H,3-4H2,1-2H3,(H2,9,10,11);4-6H,3H2,1-2H3,(H,8,9)/q;;-1;;/p-3/t7-,8+,9?,10-;;5-,6-,7-,14?;5-,6-,7-;4-,5?,6-/m1.111/s1. The lowest BCUT2D eigenvalue weighted by molar-refractivity contribution is -0.206. The molecule has 430 valence electrons. The first-order chi connectivity index (χ1) is 34.5. The number of ether oxygens (including phenoxy) is 11. The molecule has 37 heteroatoms. The van der Waals surface area contributed by atoms with Gasteiger partial charge in [-0.25, -0.2) is 9.34 Å². The lowest BCUT2D eigenvalue weighted by Gasteiger charge is -2.41. The van der Waals surface area contributed by atoms with Gasteiger partial charge in [-0.15, -0.1) is 0 Å². The van der Waals surface area contributed by atoms with Gasteiger partial charge >= 0.3 is 0 Å². The van der Waals surface area contributed by atoms with Crippen LogP contribution >= 0.6 is 37.4 Å². The molecule has 20 atom stereocenters. The molecule has 5 saturated heterocycles. The largest absolute Gasteiger partial charge is 0.788 e. The SMILES string of the molecule is [B]C1CN(P(C)(=O)N(C)C)CC(OC)O1.[B][C@@H]1OC[C@@H](OC)C1OP(C)(=O)[O-].[B][C@@H]1O[C@H](COC)[C@H](OP(C)(=O)[O-])C1OCCCO.[B][C@H]1C[C@@H](NP(C)(=O)[O-])[C@@H](COC)O1.[B][C@H]1C[C@@H](OP([BH3-])(C)=O)[C@@H](COC)O1. The number of hydrogen-bond donors (Lipinski definition) is 2. The lowest BCUT2D eigenvalue weighted by Crippen LogP contribution is -2.48. The van der Waals surface area contributed by atoms with Crippen molar-refractivity contribution in [2.24, 2.45) is 0 Å². The number of hydrogen-bond acceptors (Lipinski definition) is 23. The molecule has 9 unspecified atom stereocenters. The van der Waals surface area contributed by atoms with E-state index in [9.17, 15) is 37.5 Å². The topological polar surface area (TPSA) is 322 Å². The van der Waals surface area contributed by atoms with Crippen molar-refractivity contribution in [3.63, 3.8) is 0 Å². The summed E-state index contributed by atoms with van der Waals surface area (Å²) in [7, 11) is 23.1. The molecule has 5 aliphatic rings. The molecule has 0 amide bonds. The van der Waals surface area contributed by atoms with Gasteiger partial charge in [-0.3, -0.25) is 9.65 Å². The quantitative estimate of drug-likeness (QED) is 0.0609. The van der Waals surface area contributed by atoms with Crippen molar-refractivity contribution in [1.29, 1.82) is 0 Å². The smallest absolute Gasteiger partial charge is 0.213 e. The third-order valence-corrected chi connectivity index (χ3v) is 16.3. The summed E-state index contributed by atoms with van der Waals surface area (Å²) in [4.78, 5) is 33.1. The van der Waals surface area contributed by atoms with E-state index in [4.69, 9.17) is 110 Å². The highest BCUT2D eigenvalue weighted by Crippen LogP contribution is 2.48. The highest BCUT2D eigenvalue weighted by Gasteiger charge is 2.45. The molecule has 5 rings (SSSR count). The number of aliphatic hydroxyl groups excluding tert-OH is 1. The van der Waals surface area contributed by atoms with Gasteiger partial charge in [0, 0.05) is 119 Å². The van der Waals surface area contributed by atoms with Gasteiger partial charge in [0.1, 0.15) is 91.0 Å². The van der Waals surface area contributed by atoms with Crippen molar-refractivity contribution >= 4 is 84.2 Å². The van der Waals surface area contributed by atoms with Crippen LogP contribution in [0.2, 0.25) is 0 Å².